The molecule has 10 nitrogen and oxygen atoms in total. The Balaban J connectivity index is 1.53. The molecule has 1 saturated carbocycles. The van der Waals surface area contributed by atoms with E-state index in [0.29, 0.717) is 18.7 Å². The number of primary amides is 1. The first-order valence-electron chi connectivity index (χ1n) is 17.1. The summed E-state index contributed by atoms with van der Waals surface area (Å²) in [4.78, 5) is 39.9. The molecular weight excluding hydrogens is 612 g/mol. The van der Waals surface area contributed by atoms with Gasteiger partial charge in [0.2, 0.25) is 5.78 Å². The van der Waals surface area contributed by atoms with E-state index < -0.39 is 63.8 Å². The molecule has 48 heavy (non-hydrogen) atoms. The highest BCUT2D eigenvalue weighted by Crippen LogP contribution is 2.55. The number of aromatic hydroxyl groups is 1. The summed E-state index contributed by atoms with van der Waals surface area (Å²) < 4.78 is 5.66. The number of carbonyl (C=O) groups excluding carboxylic acids is 3. The lowest BCUT2D eigenvalue weighted by atomic mass is 9.54. The summed E-state index contributed by atoms with van der Waals surface area (Å²) in [7, 11) is 0. The topological polar surface area (TPSA) is 179 Å². The van der Waals surface area contributed by atoms with E-state index in [1.165, 1.54) is 6.07 Å². The molecule has 4 atom stereocenters. The van der Waals surface area contributed by atoms with Crippen molar-refractivity contribution in [3.8, 4) is 16.9 Å². The van der Waals surface area contributed by atoms with Gasteiger partial charge in [-0.2, -0.15) is 0 Å². The lowest BCUT2D eigenvalue weighted by Crippen LogP contribution is -2.62. The minimum absolute atomic E-state index is 0.0770. The first-order chi connectivity index (χ1) is 22.9. The average Bonchev–Trinajstić information content (AvgIpc) is 3.03. The van der Waals surface area contributed by atoms with E-state index in [-0.39, 0.29) is 29.7 Å². The summed E-state index contributed by atoms with van der Waals surface area (Å²) in [6.45, 7) is 10.6. The number of Topliss-reactive ketones (excluding diaryl/α,β-unsaturated/α-hetero) is 2. The molecule has 0 aromatic heterocycles. The third-order valence-electron chi connectivity index (χ3n) is 10.3. The zero-order valence-corrected chi connectivity index (χ0v) is 28.3. The van der Waals surface area contributed by atoms with Crippen molar-refractivity contribution in [2.24, 2.45) is 29.4 Å². The van der Waals surface area contributed by atoms with Crippen molar-refractivity contribution in [2.75, 3.05) is 19.8 Å². The number of amides is 1. The normalized spacial score (nSPS) is 23.8. The van der Waals surface area contributed by atoms with Crippen LogP contribution in [-0.4, -0.2) is 63.3 Å². The van der Waals surface area contributed by atoms with Gasteiger partial charge in [0.05, 0.1) is 5.56 Å². The quantitative estimate of drug-likeness (QED) is 0.130. The van der Waals surface area contributed by atoms with Gasteiger partial charge >= 0.3 is 0 Å². The maximum absolute atomic E-state index is 14.2. The number of unbranched alkanes of at least 4 members (excludes halogenated alkanes) is 1. The van der Waals surface area contributed by atoms with Crippen molar-refractivity contribution in [3.05, 3.63) is 69.5 Å². The van der Waals surface area contributed by atoms with Gasteiger partial charge < -0.3 is 36.2 Å². The number of benzene rings is 2. The van der Waals surface area contributed by atoms with Crippen LogP contribution in [0.15, 0.2) is 47.2 Å². The Labute approximate surface area is 281 Å². The van der Waals surface area contributed by atoms with Crippen LogP contribution in [0.1, 0.15) is 75.6 Å². The third-order valence-corrected chi connectivity index (χ3v) is 10.3. The molecule has 0 spiro atoms. The van der Waals surface area contributed by atoms with Crippen molar-refractivity contribution in [1.29, 1.82) is 0 Å². The van der Waals surface area contributed by atoms with E-state index in [0.717, 1.165) is 61.1 Å². The monoisotopic (exact) mass is 660 g/mol. The molecule has 2 aromatic rings. The van der Waals surface area contributed by atoms with Crippen molar-refractivity contribution in [3.63, 3.8) is 0 Å². The fraction of sp³-hybridized carbons (Fsp3) is 0.500. The van der Waals surface area contributed by atoms with E-state index in [2.05, 4.69) is 37.4 Å². The Hall–Kier alpha value is -3.99. The minimum atomic E-state index is -2.63. The number of hydrogen-bond donors (Lipinski definition) is 6. The number of hydrogen-bond acceptors (Lipinski definition) is 9. The lowest BCUT2D eigenvalue weighted by Gasteiger charge is -2.50. The van der Waals surface area contributed by atoms with Crippen molar-refractivity contribution < 1.29 is 39.5 Å². The zero-order chi connectivity index (χ0) is 34.9. The van der Waals surface area contributed by atoms with Crippen LogP contribution >= 0.6 is 0 Å². The standard InChI is InChI=1S/C38H48N2O8/c1-5-7-14-48-15-8-13-40-19-21-9-10-22(6-2)25(16-21)24-11-12-28(41)31-26(24)17-23-18-27-29(20(3)4)33(42)32(37(39)46)36(45)38(27,47)35(44)30(23)34(31)43/h9-12,16,20,23,27,29,40-41,43,45,47H,5-8,13-15,17-19H2,1-4H3,(H2,39,46)/t23-,27-,29-,38-/m0/s1. The van der Waals surface area contributed by atoms with Gasteiger partial charge in [0.1, 0.15) is 22.8 Å². The van der Waals surface area contributed by atoms with Crippen molar-refractivity contribution >= 4 is 23.2 Å². The number of ether oxygens (including phenoxy) is 1. The highest BCUT2D eigenvalue weighted by molar-refractivity contribution is 6.23. The van der Waals surface area contributed by atoms with Gasteiger partial charge in [0, 0.05) is 37.2 Å². The second-order valence-corrected chi connectivity index (χ2v) is 13.7. The molecule has 2 aromatic carbocycles. The number of aryl methyl sites for hydroxylation is 1. The number of aliphatic hydroxyl groups is 3. The number of rotatable bonds is 13. The first-order valence-corrected chi connectivity index (χ1v) is 17.1. The van der Waals surface area contributed by atoms with Gasteiger partial charge in [-0.15, -0.1) is 0 Å². The van der Waals surface area contributed by atoms with Crippen molar-refractivity contribution in [1.82, 2.24) is 5.32 Å². The van der Waals surface area contributed by atoms with Crippen LogP contribution < -0.4 is 11.1 Å². The van der Waals surface area contributed by atoms with E-state index in [4.69, 9.17) is 10.5 Å². The molecule has 1 amide bonds. The van der Waals surface area contributed by atoms with Crippen LogP contribution in [0.25, 0.3) is 16.9 Å². The number of carbonyl (C=O) groups is 3. The Morgan fingerprint density at radius 1 is 1.06 bits per heavy atom. The number of nitrogens with one attached hydrogen (secondary N) is 1. The fourth-order valence-corrected chi connectivity index (χ4v) is 7.91. The second kappa shape index (κ2) is 14.2. The Morgan fingerprint density at radius 3 is 2.46 bits per heavy atom. The molecule has 0 heterocycles. The molecule has 258 valence electrons. The molecule has 3 aliphatic rings. The highest BCUT2D eigenvalue weighted by Gasteiger charge is 2.64. The van der Waals surface area contributed by atoms with Crippen LogP contribution in [0, 0.1) is 23.7 Å². The number of phenols is 1. The Kier molecular flexibility index (Phi) is 10.5. The van der Waals surface area contributed by atoms with Crippen LogP contribution in [-0.2, 0) is 38.5 Å². The molecule has 3 aliphatic carbocycles. The summed E-state index contributed by atoms with van der Waals surface area (Å²) in [6.07, 6.45) is 4.13. The van der Waals surface area contributed by atoms with Crippen LogP contribution in [0.3, 0.4) is 0 Å². The van der Waals surface area contributed by atoms with Crippen LogP contribution in [0.4, 0.5) is 0 Å². The summed E-state index contributed by atoms with van der Waals surface area (Å²) in [5, 5.41) is 49.2. The van der Waals surface area contributed by atoms with E-state index in [1.807, 2.05) is 6.07 Å². The van der Waals surface area contributed by atoms with E-state index in [1.54, 1.807) is 13.8 Å². The molecule has 10 heteroatoms. The Bertz CT molecular complexity index is 1670. The molecule has 0 aliphatic heterocycles. The summed E-state index contributed by atoms with van der Waals surface area (Å²) >= 11 is 0. The molecule has 5 rings (SSSR count). The number of ketones is 2. The average molecular weight is 661 g/mol. The molecule has 1 fully saturated rings. The number of aliphatic hydroxyl groups excluding tert-OH is 2. The molecule has 0 unspecified atom stereocenters. The van der Waals surface area contributed by atoms with Gasteiger partial charge in [-0.3, -0.25) is 14.4 Å². The van der Waals surface area contributed by atoms with Gasteiger partial charge in [-0.1, -0.05) is 52.3 Å². The number of nitrogens with two attached hydrogens (primary N) is 1. The lowest BCUT2D eigenvalue weighted by molar-refractivity contribution is -0.155. The van der Waals surface area contributed by atoms with Gasteiger partial charge in [0.15, 0.2) is 11.4 Å². The minimum Gasteiger partial charge on any atom is -0.508 e. The molecule has 0 bridgehead atoms. The fourth-order valence-electron chi connectivity index (χ4n) is 7.91. The summed E-state index contributed by atoms with van der Waals surface area (Å²) in [6, 6.07) is 9.58. The smallest absolute Gasteiger partial charge is 0.255 e. The predicted octanol–water partition coefficient (Wildman–Crippen LogP) is 4.83. The molecule has 0 radical (unpaired) electrons. The molecule has 0 saturated heterocycles. The van der Waals surface area contributed by atoms with Crippen LogP contribution in [0.5, 0.6) is 5.75 Å². The van der Waals surface area contributed by atoms with Gasteiger partial charge in [-0.25, -0.2) is 0 Å². The molecular formula is C38H48N2O8. The van der Waals surface area contributed by atoms with E-state index in [9.17, 15) is 34.8 Å². The Morgan fingerprint density at radius 2 is 1.79 bits per heavy atom. The predicted molar refractivity (Wildman–Crippen MR) is 182 cm³/mol. The largest absolute Gasteiger partial charge is 0.508 e. The van der Waals surface area contributed by atoms with Crippen LogP contribution in [0.2, 0.25) is 0 Å². The summed E-state index contributed by atoms with van der Waals surface area (Å²) in [5.41, 5.74) is 6.53. The van der Waals surface area contributed by atoms with E-state index >= 15 is 0 Å². The third kappa shape index (κ3) is 6.06. The zero-order valence-electron chi connectivity index (χ0n) is 28.3. The van der Waals surface area contributed by atoms with Gasteiger partial charge in [0.25, 0.3) is 5.91 Å². The first kappa shape index (κ1) is 35.3. The SMILES string of the molecule is CCCCOCCCNCc1ccc(CC)c(-c2ccc(O)c3c2C[C@H]2C[C@H]4[C@H](C(C)C)C(=O)C(C(N)=O)=C(O)[C@@]4(O)C(=O)C2=C3O)c1. The maximum atomic E-state index is 14.2. The number of fused-ring (bicyclic) bond motifs is 3. The molecule has 7 N–H and O–H groups in total. The van der Waals surface area contributed by atoms with Gasteiger partial charge in [-0.05, 0) is 90.4 Å². The maximum Gasteiger partial charge on any atom is 0.255 e. The highest BCUT2D eigenvalue weighted by atomic mass is 16.5. The summed E-state index contributed by atoms with van der Waals surface area (Å²) in [5.74, 6) is -7.76. The second-order valence-electron chi connectivity index (χ2n) is 13.7. The number of phenolic OH excluding ortho intramolecular Hbond substituents is 1. The van der Waals surface area contributed by atoms with Crippen molar-refractivity contribution in [2.45, 2.75) is 78.4 Å².